The van der Waals surface area contributed by atoms with E-state index in [1.165, 1.54) is 90.7 Å². The number of nitrogens with two attached hydrogens (primary N) is 4. The fourth-order valence-electron chi connectivity index (χ4n) is 16.4. The van der Waals surface area contributed by atoms with E-state index < -0.39 is 23.6 Å². The molecule has 0 unspecified atom stereocenters. The Morgan fingerprint density at radius 3 is 0.848 bits per heavy atom. The molecule has 16 rings (SSSR count). The third-order valence-corrected chi connectivity index (χ3v) is 32.0. The first-order chi connectivity index (χ1) is 66.4. The number of anilines is 8. The lowest BCUT2D eigenvalue weighted by Gasteiger charge is -2.36. The zero-order valence-corrected chi connectivity index (χ0v) is 87.1. The van der Waals surface area contributed by atoms with Crippen LogP contribution in [0.15, 0.2) is 94.3 Å². The van der Waals surface area contributed by atoms with Crippen molar-refractivity contribution >= 4 is 181 Å². The summed E-state index contributed by atoms with van der Waals surface area (Å²) in [5.74, 6) is -1.85. The maximum atomic E-state index is 13.2. The molecule has 4 aromatic carbocycles. The Kier molecular flexibility index (Phi) is 37.0. The first kappa shape index (κ1) is 104. The molecule has 0 atom stereocenters. The number of carbonyl (C=O) groups is 8. The van der Waals surface area contributed by atoms with E-state index in [9.17, 15) is 38.4 Å². The fourth-order valence-corrected chi connectivity index (χ4v) is 23.6. The first-order valence-corrected chi connectivity index (χ1v) is 53.8. The molecule has 0 bridgehead atoms. The Bertz CT molecular complexity index is 6270. The highest BCUT2D eigenvalue weighted by Crippen LogP contribution is 2.41. The molecule has 4 saturated heterocycles. The molecule has 4 fully saturated rings. The molecular formula is C98H124N24O8S8. The van der Waals surface area contributed by atoms with Crippen molar-refractivity contribution in [3.05, 3.63) is 182 Å². The van der Waals surface area contributed by atoms with Crippen LogP contribution >= 0.6 is 90.7 Å². The molecular weight excluding hydrogens is 1900 g/mol. The summed E-state index contributed by atoms with van der Waals surface area (Å²) in [6.45, 7) is 40.1. The zero-order valence-electron chi connectivity index (χ0n) is 80.6. The lowest BCUT2D eigenvalue weighted by atomic mass is 10.0. The summed E-state index contributed by atoms with van der Waals surface area (Å²) in [4.78, 5) is 157. The Morgan fingerprint density at radius 1 is 0.333 bits per heavy atom. The van der Waals surface area contributed by atoms with Gasteiger partial charge in [0.2, 0.25) is 23.6 Å². The minimum atomic E-state index is -0.459. The van der Waals surface area contributed by atoms with E-state index in [1.807, 2.05) is 93.1 Å². The smallest absolute Gasteiger partial charge is 0.282 e. The van der Waals surface area contributed by atoms with Crippen molar-refractivity contribution in [3.63, 3.8) is 0 Å². The number of amides is 8. The number of rotatable bonds is 31. The fraction of sp³-hybridized carbons (Fsp3) is 0.429. The molecule has 4 aliphatic heterocycles. The second kappa shape index (κ2) is 49.0. The predicted molar refractivity (Wildman–Crippen MR) is 562 cm³/mol. The van der Waals surface area contributed by atoms with Gasteiger partial charge in [-0.1, -0.05) is 91.5 Å². The SMILES string of the molecule is CCCc1ccc(C(N)=O)cc1Nc1nc(-c2sc(C(=O)N3CCCN(C)CC3)nc2C)cs1.CCCc1ccc(C(N)=O)cc1Nc1nc(-c2sc(C(=O)N3CCCN(CC)CC3)nc2C)cs1.CCCc1ccc(C(N)=O)cc1Nc1nc(-c2sc(C(=O)N3CCN(C(C)C)CC3)nc2C)cs1.CCCc1ccc(C(N)=O)cc1Nc1nc(-c2sc(C(=O)N3CCN(CC)CC3)nc2C)cs1. The molecule has 40 heteroatoms. The number of aryl methyl sites for hydroxylation is 8. The summed E-state index contributed by atoms with van der Waals surface area (Å²) in [5, 5.41) is 26.2. The summed E-state index contributed by atoms with van der Waals surface area (Å²) in [6, 6.07) is 22.4. The van der Waals surface area contributed by atoms with Crippen LogP contribution in [0.5, 0.6) is 0 Å². The van der Waals surface area contributed by atoms with Crippen molar-refractivity contribution in [1.29, 1.82) is 0 Å². The van der Waals surface area contributed by atoms with Crippen molar-refractivity contribution < 1.29 is 38.4 Å². The summed E-state index contributed by atoms with van der Waals surface area (Å²) >= 11 is 11.5. The molecule has 12 N–H and O–H groups in total. The quantitative estimate of drug-likeness (QED) is 0.0200. The van der Waals surface area contributed by atoms with Gasteiger partial charge < -0.3 is 78.5 Å². The minimum absolute atomic E-state index is 0.00311. The van der Waals surface area contributed by atoms with Crippen LogP contribution in [-0.4, -0.2) is 257 Å². The second-order valence-electron chi connectivity index (χ2n) is 34.5. The number of benzene rings is 4. The maximum absolute atomic E-state index is 13.2. The van der Waals surface area contributed by atoms with Gasteiger partial charge in [0.1, 0.15) is 0 Å². The van der Waals surface area contributed by atoms with Gasteiger partial charge in [-0.2, -0.15) is 0 Å². The third kappa shape index (κ3) is 26.8. The normalized spacial score (nSPS) is 14.6. The molecule has 32 nitrogen and oxygen atoms in total. The number of aromatic nitrogens is 8. The Morgan fingerprint density at radius 2 is 0.587 bits per heavy atom. The number of likely N-dealkylation sites (N-methyl/N-ethyl adjacent to an activating group) is 3. The lowest BCUT2D eigenvalue weighted by molar-refractivity contribution is 0.0593. The molecule has 0 aliphatic carbocycles. The molecule has 732 valence electrons. The van der Waals surface area contributed by atoms with Crippen molar-refractivity contribution in [2.45, 2.75) is 153 Å². The van der Waals surface area contributed by atoms with E-state index in [1.54, 1.807) is 48.5 Å². The van der Waals surface area contributed by atoms with Gasteiger partial charge >= 0.3 is 0 Å². The van der Waals surface area contributed by atoms with Crippen LogP contribution in [0.1, 0.15) is 220 Å². The number of piperazine rings is 2. The highest BCUT2D eigenvalue weighted by Gasteiger charge is 2.32. The number of thiazole rings is 8. The predicted octanol–water partition coefficient (Wildman–Crippen LogP) is 17.4. The molecule has 138 heavy (non-hydrogen) atoms. The van der Waals surface area contributed by atoms with Gasteiger partial charge in [-0.25, -0.2) is 39.9 Å². The minimum Gasteiger partial charge on any atom is -0.366 e. The van der Waals surface area contributed by atoms with Crippen LogP contribution in [0.2, 0.25) is 0 Å². The molecule has 0 spiro atoms. The highest BCUT2D eigenvalue weighted by atomic mass is 32.1. The van der Waals surface area contributed by atoms with E-state index in [0.717, 1.165) is 292 Å². The van der Waals surface area contributed by atoms with E-state index >= 15 is 0 Å². The summed E-state index contributed by atoms with van der Waals surface area (Å²) < 4.78 is 0. The molecule has 0 radical (unpaired) electrons. The van der Waals surface area contributed by atoms with Crippen molar-refractivity contribution in [1.82, 2.24) is 79.1 Å². The third-order valence-electron chi connectivity index (χ3n) is 24.3. The van der Waals surface area contributed by atoms with E-state index in [2.05, 4.69) is 123 Å². The Balaban J connectivity index is 0.000000155. The van der Waals surface area contributed by atoms with Gasteiger partial charge in [-0.3, -0.25) is 43.3 Å². The monoisotopic (exact) mass is 2020 g/mol. The van der Waals surface area contributed by atoms with Crippen LogP contribution in [0.4, 0.5) is 43.3 Å². The van der Waals surface area contributed by atoms with Gasteiger partial charge in [0, 0.05) is 164 Å². The number of nitrogens with one attached hydrogen (secondary N) is 4. The summed E-state index contributed by atoms with van der Waals surface area (Å²) in [7, 11) is 2.09. The van der Waals surface area contributed by atoms with Crippen LogP contribution in [0.3, 0.4) is 0 Å². The van der Waals surface area contributed by atoms with Crippen molar-refractivity contribution in [3.8, 4) is 42.3 Å². The van der Waals surface area contributed by atoms with Gasteiger partial charge in [-0.05, 0) is 184 Å². The number of nitrogens with zero attached hydrogens (tertiary/aromatic N) is 16. The highest BCUT2D eigenvalue weighted by molar-refractivity contribution is 7.20. The van der Waals surface area contributed by atoms with Crippen molar-refractivity contribution in [2.75, 3.05) is 146 Å². The van der Waals surface area contributed by atoms with E-state index in [-0.39, 0.29) is 23.6 Å². The summed E-state index contributed by atoms with van der Waals surface area (Å²) in [6.07, 6.45) is 9.41. The number of primary amides is 4. The van der Waals surface area contributed by atoms with Gasteiger partial charge in [-0.15, -0.1) is 90.7 Å². The van der Waals surface area contributed by atoms with Gasteiger partial charge in [0.25, 0.3) is 23.6 Å². The number of carbonyl (C=O) groups excluding carboxylic acids is 8. The molecule has 4 aliphatic rings. The van der Waals surface area contributed by atoms with Crippen LogP contribution in [0, 0.1) is 27.7 Å². The van der Waals surface area contributed by atoms with E-state index in [0.29, 0.717) is 68.9 Å². The van der Waals surface area contributed by atoms with Crippen LogP contribution in [0.25, 0.3) is 42.3 Å². The zero-order chi connectivity index (χ0) is 98.5. The topological polar surface area (TPSA) is 418 Å². The standard InChI is InChI=1S/2C25H32N6O2S2.2C24H30N6O2S2/c1-5-6-17-7-8-18(22(26)32)13-19(17)28-25-29-20(14-34-25)21-16(4)27-23(35-21)24(33)31-11-9-30(10-12-31)15(2)3;1-4-7-17-8-9-18(22(26)32)14-19(17)28-25-29-20(15-34-25)21-16(3)27-23(35-21)24(33)31-11-6-10-30(5-2)12-13-31;1-4-6-16-7-8-17(21(25)31)13-18(16)27-24-28-19(14-33-24)20-15(2)26-22(34-20)23(32)30-10-5-9-29(3)11-12-30;1-4-6-16-7-8-17(21(25)31)13-18(16)27-24-28-19(14-33-24)20-15(3)26-22(34-20)23(32)30-11-9-29(5-2)10-12-30/h7-8,13-15H,5-6,9-12H2,1-4H3,(H2,26,32)(H,28,29);8-9,14-15H,4-7,10-13H2,1-3H3,(H2,26,32)(H,28,29);2*7-8,13-14H,4-6,9-12H2,1-3H3,(H2,25,31)(H,27,28). The maximum Gasteiger partial charge on any atom is 0.282 e. The number of hydrogen-bond donors (Lipinski definition) is 8. The van der Waals surface area contributed by atoms with E-state index in [4.69, 9.17) is 42.9 Å². The Hall–Kier alpha value is -11.3. The molecule has 8 amide bonds. The van der Waals surface area contributed by atoms with Crippen LogP contribution in [-0.2, 0) is 25.7 Å². The first-order valence-electron chi connectivity index (χ1n) is 47.0. The molecule has 8 aromatic heterocycles. The number of hydrogen-bond acceptors (Lipinski definition) is 32. The second-order valence-corrected chi connectivity index (χ2v) is 41.9. The van der Waals surface area contributed by atoms with Gasteiger partial charge in [0.05, 0.1) is 65.1 Å². The average Bonchev–Trinajstić information content (AvgIpc) is 1.65. The van der Waals surface area contributed by atoms with Gasteiger partial charge in [0.15, 0.2) is 40.6 Å². The lowest BCUT2D eigenvalue weighted by Crippen LogP contribution is -2.50. The van der Waals surface area contributed by atoms with Crippen molar-refractivity contribution in [2.24, 2.45) is 22.9 Å². The summed E-state index contributed by atoms with van der Waals surface area (Å²) in [5.41, 5.74) is 37.9. The van der Waals surface area contributed by atoms with Crippen LogP contribution < -0.4 is 44.2 Å². The average molecular weight is 2020 g/mol. The molecule has 0 saturated carbocycles. The Labute approximate surface area is 838 Å². The molecule has 12 heterocycles. The molecule has 12 aromatic rings. The largest absolute Gasteiger partial charge is 0.366 e.